The van der Waals surface area contributed by atoms with Crippen LogP contribution in [0.3, 0.4) is 0 Å². The topological polar surface area (TPSA) is 29.3 Å². The molecule has 3 unspecified atom stereocenters. The zero-order valence-corrected chi connectivity index (χ0v) is 14.9. The Morgan fingerprint density at radius 1 is 1.37 bits per heavy atom. The van der Waals surface area contributed by atoms with E-state index in [0.717, 1.165) is 11.0 Å². The lowest BCUT2D eigenvalue weighted by atomic mass is 10.0. The van der Waals surface area contributed by atoms with Crippen LogP contribution >= 0.6 is 27.3 Å². The second-order valence-electron chi connectivity index (χ2n) is 5.32. The highest BCUT2D eigenvalue weighted by atomic mass is 79.9. The zero-order valence-electron chi connectivity index (χ0n) is 12.5. The van der Waals surface area contributed by atoms with E-state index in [-0.39, 0.29) is 6.04 Å². The van der Waals surface area contributed by atoms with Gasteiger partial charge in [0.2, 0.25) is 0 Å². The van der Waals surface area contributed by atoms with Crippen molar-refractivity contribution in [2.24, 2.45) is 5.73 Å². The van der Waals surface area contributed by atoms with Gasteiger partial charge in [0.15, 0.2) is 0 Å². The second-order valence-corrected chi connectivity index (χ2v) is 7.18. The minimum atomic E-state index is 0.149. The van der Waals surface area contributed by atoms with E-state index in [1.54, 1.807) is 0 Å². The summed E-state index contributed by atoms with van der Waals surface area (Å²) < 4.78 is 1.16. The maximum Gasteiger partial charge on any atom is 0.0593 e. The fraction of sp³-hybridized carbons (Fsp3) is 0.733. The predicted molar refractivity (Wildman–Crippen MR) is 89.8 cm³/mol. The molecule has 0 bridgehead atoms. The molecule has 0 amide bonds. The van der Waals surface area contributed by atoms with Crippen molar-refractivity contribution in [1.29, 1.82) is 0 Å². The lowest BCUT2D eigenvalue weighted by molar-refractivity contribution is 0.123. The van der Waals surface area contributed by atoms with Crippen LogP contribution in [-0.4, -0.2) is 23.5 Å². The number of rotatable bonds is 8. The summed E-state index contributed by atoms with van der Waals surface area (Å²) in [6, 6.07) is 3.28. The summed E-state index contributed by atoms with van der Waals surface area (Å²) in [5.41, 5.74) is 6.29. The summed E-state index contributed by atoms with van der Waals surface area (Å²) in [5, 5.41) is 2.15. The average molecular weight is 347 g/mol. The molecule has 110 valence electrons. The molecule has 0 aliphatic carbocycles. The molecule has 1 aromatic rings. The van der Waals surface area contributed by atoms with E-state index >= 15 is 0 Å². The molecule has 4 heteroatoms. The fourth-order valence-electron chi connectivity index (χ4n) is 2.42. The van der Waals surface area contributed by atoms with Gasteiger partial charge >= 0.3 is 0 Å². The fourth-order valence-corrected chi connectivity index (χ4v) is 4.10. The van der Waals surface area contributed by atoms with Gasteiger partial charge in [-0.15, -0.1) is 11.3 Å². The van der Waals surface area contributed by atoms with E-state index in [0.29, 0.717) is 12.1 Å². The van der Waals surface area contributed by atoms with Crippen molar-refractivity contribution in [3.05, 3.63) is 20.8 Å². The molecule has 0 fully saturated rings. The number of thiophene rings is 1. The van der Waals surface area contributed by atoms with Gasteiger partial charge in [0.1, 0.15) is 0 Å². The summed E-state index contributed by atoms with van der Waals surface area (Å²) in [7, 11) is 0. The van der Waals surface area contributed by atoms with Gasteiger partial charge in [0.25, 0.3) is 0 Å². The van der Waals surface area contributed by atoms with Crippen molar-refractivity contribution < 1.29 is 0 Å². The Morgan fingerprint density at radius 2 is 2.05 bits per heavy atom. The first-order valence-corrected chi connectivity index (χ1v) is 8.93. The third-order valence-corrected chi connectivity index (χ3v) is 5.43. The molecule has 19 heavy (non-hydrogen) atoms. The van der Waals surface area contributed by atoms with Gasteiger partial charge < -0.3 is 5.73 Å². The van der Waals surface area contributed by atoms with Crippen LogP contribution in [0, 0.1) is 0 Å². The van der Waals surface area contributed by atoms with Crippen molar-refractivity contribution >= 4 is 27.3 Å². The van der Waals surface area contributed by atoms with Crippen LogP contribution in [-0.2, 0) is 0 Å². The van der Waals surface area contributed by atoms with Crippen molar-refractivity contribution in [2.75, 3.05) is 6.54 Å². The number of hydrogen-bond donors (Lipinski definition) is 1. The molecular weight excluding hydrogens is 320 g/mol. The molecule has 0 aromatic carbocycles. The monoisotopic (exact) mass is 346 g/mol. The number of hydrogen-bond acceptors (Lipinski definition) is 3. The summed E-state index contributed by atoms with van der Waals surface area (Å²) in [6.07, 6.45) is 3.63. The highest BCUT2D eigenvalue weighted by Crippen LogP contribution is 2.33. The smallest absolute Gasteiger partial charge is 0.0593 e. The Morgan fingerprint density at radius 3 is 2.47 bits per heavy atom. The normalized spacial score (nSPS) is 16.6. The molecule has 0 saturated heterocycles. The summed E-state index contributed by atoms with van der Waals surface area (Å²) in [6.45, 7) is 10.1. The molecule has 2 nitrogen and oxygen atoms in total. The van der Waals surface area contributed by atoms with Gasteiger partial charge in [-0.3, -0.25) is 4.90 Å². The van der Waals surface area contributed by atoms with Gasteiger partial charge in [-0.25, -0.2) is 0 Å². The van der Waals surface area contributed by atoms with Crippen LogP contribution in [0.5, 0.6) is 0 Å². The summed E-state index contributed by atoms with van der Waals surface area (Å²) in [5.74, 6) is 0. The maximum atomic E-state index is 6.29. The predicted octanol–water partition coefficient (Wildman–Crippen LogP) is 4.80. The van der Waals surface area contributed by atoms with E-state index in [9.17, 15) is 0 Å². The highest BCUT2D eigenvalue weighted by molar-refractivity contribution is 9.10. The van der Waals surface area contributed by atoms with Crippen molar-refractivity contribution in [1.82, 2.24) is 4.90 Å². The van der Waals surface area contributed by atoms with E-state index in [1.807, 2.05) is 11.3 Å². The number of unbranched alkanes of at least 4 members (excludes halogenated alkanes) is 1. The lowest BCUT2D eigenvalue weighted by Gasteiger charge is -2.38. The molecule has 0 saturated carbocycles. The lowest BCUT2D eigenvalue weighted by Crippen LogP contribution is -2.44. The molecule has 1 heterocycles. The van der Waals surface area contributed by atoms with E-state index in [4.69, 9.17) is 5.73 Å². The first-order chi connectivity index (χ1) is 9.01. The van der Waals surface area contributed by atoms with E-state index < -0.39 is 0 Å². The Bertz CT molecular complexity index is 365. The van der Waals surface area contributed by atoms with Gasteiger partial charge in [-0.05, 0) is 55.2 Å². The van der Waals surface area contributed by atoms with Crippen molar-refractivity contribution in [3.63, 3.8) is 0 Å². The molecule has 0 radical (unpaired) electrons. The Kier molecular flexibility index (Phi) is 7.58. The maximum absolute atomic E-state index is 6.29. The Labute approximate surface area is 130 Å². The van der Waals surface area contributed by atoms with Gasteiger partial charge in [0.05, 0.1) is 6.04 Å². The molecule has 1 rings (SSSR count). The first-order valence-electron chi connectivity index (χ1n) is 7.26. The highest BCUT2D eigenvalue weighted by Gasteiger charge is 2.27. The molecule has 2 N–H and O–H groups in total. The molecule has 1 aromatic heterocycles. The quantitative estimate of drug-likeness (QED) is 0.732. The largest absolute Gasteiger partial charge is 0.326 e. The number of halogens is 1. The van der Waals surface area contributed by atoms with Gasteiger partial charge in [0, 0.05) is 26.8 Å². The van der Waals surface area contributed by atoms with Crippen molar-refractivity contribution in [2.45, 2.75) is 65.1 Å². The van der Waals surface area contributed by atoms with Crippen LogP contribution < -0.4 is 5.73 Å². The molecule has 0 spiro atoms. The van der Waals surface area contributed by atoms with E-state index in [1.165, 1.54) is 24.1 Å². The van der Waals surface area contributed by atoms with Crippen LogP contribution in [0.1, 0.15) is 57.9 Å². The number of nitrogens with two attached hydrogens (primary N) is 1. The molecule has 3 atom stereocenters. The molecule has 0 aliphatic rings. The molecule has 0 aliphatic heterocycles. The Balaban J connectivity index is 2.97. The summed E-state index contributed by atoms with van der Waals surface area (Å²) in [4.78, 5) is 3.96. The zero-order chi connectivity index (χ0) is 14.4. The second kappa shape index (κ2) is 8.40. The third kappa shape index (κ3) is 4.85. The standard InChI is InChI=1S/C15H27BrN2S/c1-5-7-8-18(11(3)6-2)15(12(4)17)14-9-13(16)10-19-14/h9-12,15H,5-8,17H2,1-4H3. The first kappa shape index (κ1) is 17.2. The van der Waals surface area contributed by atoms with Crippen LogP contribution in [0.4, 0.5) is 0 Å². The third-order valence-electron chi connectivity index (χ3n) is 3.66. The van der Waals surface area contributed by atoms with Crippen LogP contribution in [0.25, 0.3) is 0 Å². The molecular formula is C15H27BrN2S. The average Bonchev–Trinajstić information content (AvgIpc) is 2.79. The Hall–Kier alpha value is 0.1000. The number of nitrogens with zero attached hydrogens (tertiary/aromatic N) is 1. The minimum absolute atomic E-state index is 0.149. The van der Waals surface area contributed by atoms with Crippen molar-refractivity contribution in [3.8, 4) is 0 Å². The van der Waals surface area contributed by atoms with Crippen LogP contribution in [0.15, 0.2) is 15.9 Å². The van der Waals surface area contributed by atoms with Gasteiger partial charge in [-0.1, -0.05) is 20.3 Å². The summed E-state index contributed by atoms with van der Waals surface area (Å²) >= 11 is 5.36. The van der Waals surface area contributed by atoms with Crippen LogP contribution in [0.2, 0.25) is 0 Å². The minimum Gasteiger partial charge on any atom is -0.326 e. The van der Waals surface area contributed by atoms with Gasteiger partial charge in [-0.2, -0.15) is 0 Å². The SMILES string of the molecule is CCCCN(C(C)CC)C(c1cc(Br)cs1)C(C)N. The van der Waals surface area contributed by atoms with E-state index in [2.05, 4.69) is 60.0 Å².